The fourth-order valence-electron chi connectivity index (χ4n) is 1.37. The highest BCUT2D eigenvalue weighted by molar-refractivity contribution is 8.35. The van der Waals surface area contributed by atoms with Crippen molar-refractivity contribution in [3.05, 3.63) is 23.7 Å². The van der Waals surface area contributed by atoms with E-state index in [1.165, 1.54) is 11.1 Å². The van der Waals surface area contributed by atoms with Crippen LogP contribution in [0.3, 0.4) is 0 Å². The Balaban J connectivity index is 2.49. The first-order valence-corrected chi connectivity index (χ1v) is 9.63. The van der Waals surface area contributed by atoms with E-state index in [2.05, 4.69) is 30.4 Å². The summed E-state index contributed by atoms with van der Waals surface area (Å²) in [5.41, 5.74) is -0.544. The monoisotopic (exact) mass is 314 g/mol. The molecule has 0 amide bonds. The van der Waals surface area contributed by atoms with E-state index in [0.29, 0.717) is 12.5 Å². The van der Waals surface area contributed by atoms with E-state index in [1.807, 2.05) is 20.8 Å². The minimum atomic E-state index is -0.760. The second kappa shape index (κ2) is 6.56. The number of nitrogens with zero attached hydrogens (tertiary/aromatic N) is 2. The summed E-state index contributed by atoms with van der Waals surface area (Å²) in [5, 5.41) is 4.05. The van der Waals surface area contributed by atoms with Gasteiger partial charge in [0.2, 0.25) is 5.88 Å². The molecule has 5 nitrogen and oxygen atoms in total. The van der Waals surface area contributed by atoms with Gasteiger partial charge in [0.05, 0.1) is 6.61 Å². The molecule has 1 aromatic rings. The predicted molar refractivity (Wildman–Crippen MR) is 88.5 cm³/mol. The quantitative estimate of drug-likeness (QED) is 0.832. The van der Waals surface area contributed by atoms with Gasteiger partial charge in [0, 0.05) is 18.7 Å². The zero-order chi connectivity index (χ0) is 16.3. The highest BCUT2D eigenvalue weighted by Crippen LogP contribution is 2.44. The van der Waals surface area contributed by atoms with Crippen molar-refractivity contribution >= 4 is 16.1 Å². The zero-order valence-electron chi connectivity index (χ0n) is 13.8. The Morgan fingerprint density at radius 2 is 2.00 bits per heavy atom. The topological polar surface area (TPSA) is 53.4 Å². The lowest BCUT2D eigenvalue weighted by molar-refractivity contribution is 0.0512. The Hall–Kier alpha value is -1.43. The number of ether oxygens (including phenoxy) is 2. The van der Waals surface area contributed by atoms with E-state index in [0.717, 1.165) is 11.1 Å². The molecule has 0 aliphatic carbocycles. The molecule has 0 radical (unpaired) electrons. The Bertz CT molecular complexity index is 510. The fraction of sp³-hybridized carbons (Fsp3) is 0.600. The van der Waals surface area contributed by atoms with Crippen LogP contribution in [-0.4, -0.2) is 46.8 Å². The lowest BCUT2D eigenvalue weighted by atomic mass is 10.2. The molecule has 0 aliphatic heterocycles. The van der Waals surface area contributed by atoms with Gasteiger partial charge in [0.15, 0.2) is 0 Å². The van der Waals surface area contributed by atoms with Gasteiger partial charge >= 0.3 is 6.09 Å². The zero-order valence-corrected chi connectivity index (χ0v) is 14.6. The SMILES string of the molecule is C=C(CCOc1ccn(C(=O)OC(C)(C)C)n1)S(C)(C)C. The van der Waals surface area contributed by atoms with Crippen molar-refractivity contribution in [1.29, 1.82) is 0 Å². The summed E-state index contributed by atoms with van der Waals surface area (Å²) in [5.74, 6) is 0.414. The predicted octanol–water partition coefficient (Wildman–Crippen LogP) is 3.64. The molecule has 0 aromatic carbocycles. The molecule has 0 aliphatic rings. The molecule has 0 N–H and O–H groups in total. The molecule has 1 aromatic heterocycles. The van der Waals surface area contributed by atoms with Crippen molar-refractivity contribution in [3.63, 3.8) is 0 Å². The van der Waals surface area contributed by atoms with Crippen molar-refractivity contribution in [2.45, 2.75) is 32.8 Å². The van der Waals surface area contributed by atoms with Crippen LogP contribution in [-0.2, 0) is 4.74 Å². The van der Waals surface area contributed by atoms with Crippen LogP contribution in [0, 0.1) is 0 Å². The third kappa shape index (κ3) is 6.25. The average Bonchev–Trinajstić information content (AvgIpc) is 2.74. The highest BCUT2D eigenvalue weighted by atomic mass is 32.3. The molecular formula is C15H26N2O3S. The molecule has 120 valence electrons. The molecule has 1 heterocycles. The van der Waals surface area contributed by atoms with E-state index in [-0.39, 0.29) is 0 Å². The lowest BCUT2D eigenvalue weighted by Gasteiger charge is -2.27. The first-order valence-electron chi connectivity index (χ1n) is 6.77. The lowest BCUT2D eigenvalue weighted by Crippen LogP contribution is -2.27. The highest BCUT2D eigenvalue weighted by Gasteiger charge is 2.18. The van der Waals surface area contributed by atoms with Crippen molar-refractivity contribution in [2.24, 2.45) is 0 Å². The average molecular weight is 314 g/mol. The molecule has 0 bridgehead atoms. The van der Waals surface area contributed by atoms with Gasteiger partial charge in [-0.3, -0.25) is 0 Å². The molecular weight excluding hydrogens is 288 g/mol. The summed E-state index contributed by atoms with van der Waals surface area (Å²) in [6.45, 7) is 10.0. The normalized spacial score (nSPS) is 12.9. The first-order chi connectivity index (χ1) is 9.49. The number of rotatable bonds is 5. The van der Waals surface area contributed by atoms with Crippen LogP contribution < -0.4 is 4.74 Å². The van der Waals surface area contributed by atoms with Crippen LogP contribution in [0.2, 0.25) is 0 Å². The number of aromatic nitrogens is 2. The van der Waals surface area contributed by atoms with Gasteiger partial charge in [-0.25, -0.2) is 14.8 Å². The summed E-state index contributed by atoms with van der Waals surface area (Å²) in [6, 6.07) is 1.65. The van der Waals surface area contributed by atoms with E-state index in [1.54, 1.807) is 6.07 Å². The van der Waals surface area contributed by atoms with E-state index >= 15 is 0 Å². The van der Waals surface area contributed by atoms with Crippen LogP contribution in [0.15, 0.2) is 23.7 Å². The van der Waals surface area contributed by atoms with E-state index in [9.17, 15) is 4.79 Å². The first kappa shape index (κ1) is 17.6. The van der Waals surface area contributed by atoms with Gasteiger partial charge in [-0.15, -0.1) is 5.10 Å². The van der Waals surface area contributed by atoms with Crippen molar-refractivity contribution < 1.29 is 14.3 Å². The summed E-state index contributed by atoms with van der Waals surface area (Å²) in [4.78, 5) is 13.0. The standard InChI is InChI=1S/C15H26N2O3S/c1-12(21(5,6)7)9-11-19-13-8-10-17(16-13)14(18)20-15(2,3)4/h8,10H,1,9,11H2,2-7H3. The van der Waals surface area contributed by atoms with Crippen LogP contribution in [0.25, 0.3) is 0 Å². The van der Waals surface area contributed by atoms with Crippen molar-refractivity contribution in [1.82, 2.24) is 9.78 Å². The smallest absolute Gasteiger partial charge is 0.435 e. The second-order valence-electron chi connectivity index (χ2n) is 6.55. The minimum Gasteiger partial charge on any atom is -0.476 e. The third-order valence-corrected chi connectivity index (χ3v) is 4.58. The summed E-state index contributed by atoms with van der Waals surface area (Å²) in [7, 11) is -0.760. The Morgan fingerprint density at radius 1 is 1.38 bits per heavy atom. The van der Waals surface area contributed by atoms with Gasteiger partial charge in [-0.05, 0) is 44.4 Å². The van der Waals surface area contributed by atoms with E-state index < -0.39 is 21.7 Å². The number of carbonyl (C=O) groups excluding carboxylic acids is 1. The molecule has 21 heavy (non-hydrogen) atoms. The second-order valence-corrected chi connectivity index (χ2v) is 10.8. The summed E-state index contributed by atoms with van der Waals surface area (Å²) in [6.07, 6.45) is 8.41. The largest absolute Gasteiger partial charge is 0.476 e. The Morgan fingerprint density at radius 3 is 2.52 bits per heavy atom. The maximum Gasteiger partial charge on any atom is 0.435 e. The third-order valence-electron chi connectivity index (χ3n) is 2.64. The van der Waals surface area contributed by atoms with Gasteiger partial charge in [-0.2, -0.15) is 4.68 Å². The van der Waals surface area contributed by atoms with Gasteiger partial charge < -0.3 is 9.47 Å². The molecule has 6 heteroatoms. The number of hydrogen-bond donors (Lipinski definition) is 0. The van der Waals surface area contributed by atoms with Gasteiger partial charge in [0.1, 0.15) is 5.60 Å². The molecule has 0 atom stereocenters. The van der Waals surface area contributed by atoms with Crippen LogP contribution in [0.4, 0.5) is 4.79 Å². The Kier molecular flexibility index (Phi) is 5.50. The molecule has 0 unspecified atom stereocenters. The summed E-state index contributed by atoms with van der Waals surface area (Å²) < 4.78 is 11.9. The fourth-order valence-corrected chi connectivity index (χ4v) is 2.07. The van der Waals surface area contributed by atoms with Crippen molar-refractivity contribution in [2.75, 3.05) is 25.4 Å². The summed E-state index contributed by atoms with van der Waals surface area (Å²) >= 11 is 0. The number of carbonyl (C=O) groups is 1. The Labute approximate surface area is 128 Å². The van der Waals surface area contributed by atoms with Crippen molar-refractivity contribution in [3.8, 4) is 5.88 Å². The van der Waals surface area contributed by atoms with Gasteiger partial charge in [-0.1, -0.05) is 6.58 Å². The maximum absolute atomic E-state index is 11.8. The van der Waals surface area contributed by atoms with Gasteiger partial charge in [0.25, 0.3) is 0 Å². The molecule has 0 fully saturated rings. The molecule has 0 saturated heterocycles. The maximum atomic E-state index is 11.8. The van der Waals surface area contributed by atoms with E-state index in [4.69, 9.17) is 9.47 Å². The van der Waals surface area contributed by atoms with Crippen LogP contribution >= 0.6 is 10.0 Å². The van der Waals surface area contributed by atoms with Crippen LogP contribution in [0.1, 0.15) is 27.2 Å². The molecule has 1 rings (SSSR count). The van der Waals surface area contributed by atoms with Crippen LogP contribution in [0.5, 0.6) is 5.88 Å². The molecule has 0 spiro atoms. The minimum absolute atomic E-state index is 0.414. The molecule has 0 saturated carbocycles. The number of hydrogen-bond acceptors (Lipinski definition) is 4.